The molecule has 0 saturated carbocycles. The zero-order valence-corrected chi connectivity index (χ0v) is 13.1. The van der Waals surface area contributed by atoms with E-state index in [1.165, 1.54) is 6.07 Å². The van der Waals surface area contributed by atoms with Crippen LogP contribution in [0, 0.1) is 12.7 Å². The molecule has 116 valence electrons. The van der Waals surface area contributed by atoms with Crippen LogP contribution in [0.15, 0.2) is 42.5 Å². The maximum absolute atomic E-state index is 13.4. The lowest BCUT2D eigenvalue weighted by molar-refractivity contribution is -0.121. The number of anilines is 1. The van der Waals surface area contributed by atoms with Crippen molar-refractivity contribution in [2.24, 2.45) is 0 Å². The minimum Gasteiger partial charge on any atom is -0.384 e. The fraction of sp³-hybridized carbons (Fsp3) is 0.235. The van der Waals surface area contributed by atoms with Gasteiger partial charge in [-0.15, -0.1) is 0 Å². The first-order chi connectivity index (χ1) is 10.6. The summed E-state index contributed by atoms with van der Waals surface area (Å²) in [6.07, 6.45) is 0.306. The Bertz CT molecular complexity index is 661. The Hall–Kier alpha value is -2.07. The summed E-state index contributed by atoms with van der Waals surface area (Å²) in [6, 6.07) is 12.1. The van der Waals surface area contributed by atoms with E-state index in [0.717, 1.165) is 11.3 Å². The molecule has 0 spiro atoms. The minimum atomic E-state index is -0.310. The molecule has 0 fully saturated rings. The molecule has 0 aromatic heterocycles. The maximum atomic E-state index is 13.4. The summed E-state index contributed by atoms with van der Waals surface area (Å²) in [5.41, 5.74) is 2.36. The topological polar surface area (TPSA) is 41.1 Å². The predicted molar refractivity (Wildman–Crippen MR) is 87.5 cm³/mol. The lowest BCUT2D eigenvalue weighted by Crippen LogP contribution is -2.25. The molecule has 5 heteroatoms. The lowest BCUT2D eigenvalue weighted by Gasteiger charge is -2.09. The van der Waals surface area contributed by atoms with Gasteiger partial charge in [-0.3, -0.25) is 4.79 Å². The van der Waals surface area contributed by atoms with Crippen molar-refractivity contribution in [3.63, 3.8) is 0 Å². The number of halogens is 2. The normalized spacial score (nSPS) is 10.3. The van der Waals surface area contributed by atoms with E-state index in [0.29, 0.717) is 23.6 Å². The highest BCUT2D eigenvalue weighted by Crippen LogP contribution is 2.19. The first-order valence-electron chi connectivity index (χ1n) is 7.06. The van der Waals surface area contributed by atoms with Crippen molar-refractivity contribution in [1.29, 1.82) is 0 Å². The van der Waals surface area contributed by atoms with Crippen molar-refractivity contribution in [3.05, 3.63) is 64.4 Å². The van der Waals surface area contributed by atoms with E-state index >= 15 is 0 Å². The fourth-order valence-corrected chi connectivity index (χ4v) is 2.13. The van der Waals surface area contributed by atoms with Gasteiger partial charge in [0.15, 0.2) is 0 Å². The zero-order valence-electron chi connectivity index (χ0n) is 12.3. The summed E-state index contributed by atoms with van der Waals surface area (Å²) in [4.78, 5) is 11.7. The molecule has 2 aromatic rings. The fourth-order valence-electron chi connectivity index (χ4n) is 1.95. The van der Waals surface area contributed by atoms with Crippen LogP contribution >= 0.6 is 11.6 Å². The number of hydrogen-bond acceptors (Lipinski definition) is 2. The second kappa shape index (κ2) is 7.80. The smallest absolute Gasteiger partial charge is 0.222 e. The molecule has 0 heterocycles. The van der Waals surface area contributed by atoms with Crippen molar-refractivity contribution >= 4 is 23.2 Å². The molecule has 2 aromatic carbocycles. The third-order valence-corrected chi connectivity index (χ3v) is 3.69. The Kier molecular flexibility index (Phi) is 5.78. The van der Waals surface area contributed by atoms with E-state index in [1.54, 1.807) is 18.2 Å². The van der Waals surface area contributed by atoms with Gasteiger partial charge < -0.3 is 10.6 Å². The highest BCUT2D eigenvalue weighted by Gasteiger charge is 2.04. The third-order valence-electron chi connectivity index (χ3n) is 3.29. The second-order valence-corrected chi connectivity index (χ2v) is 5.42. The van der Waals surface area contributed by atoms with E-state index in [9.17, 15) is 9.18 Å². The molecule has 0 aliphatic carbocycles. The molecular formula is C17H18ClFN2O. The van der Waals surface area contributed by atoms with Crippen LogP contribution in [0.4, 0.5) is 10.1 Å². The molecule has 3 nitrogen and oxygen atoms in total. The summed E-state index contributed by atoms with van der Waals surface area (Å²) < 4.78 is 13.4. The van der Waals surface area contributed by atoms with Crippen LogP contribution in [0.2, 0.25) is 5.02 Å². The quantitative estimate of drug-likeness (QED) is 0.847. The largest absolute Gasteiger partial charge is 0.384 e. The van der Waals surface area contributed by atoms with E-state index in [2.05, 4.69) is 10.6 Å². The Labute approximate surface area is 134 Å². The molecule has 0 aliphatic heterocycles. The van der Waals surface area contributed by atoms with Crippen molar-refractivity contribution < 1.29 is 9.18 Å². The number of hydrogen-bond donors (Lipinski definition) is 2. The maximum Gasteiger partial charge on any atom is 0.222 e. The molecule has 0 atom stereocenters. The second-order valence-electron chi connectivity index (χ2n) is 5.01. The van der Waals surface area contributed by atoms with Gasteiger partial charge in [-0.05, 0) is 30.7 Å². The van der Waals surface area contributed by atoms with Crippen LogP contribution in [0.5, 0.6) is 0 Å². The number of carbonyl (C=O) groups is 1. The van der Waals surface area contributed by atoms with E-state index in [-0.39, 0.29) is 18.3 Å². The summed E-state index contributed by atoms with van der Waals surface area (Å²) in [5, 5.41) is 6.52. The van der Waals surface area contributed by atoms with E-state index in [4.69, 9.17) is 11.6 Å². The predicted octanol–water partition coefficient (Wildman–Crippen LogP) is 3.91. The zero-order chi connectivity index (χ0) is 15.9. The van der Waals surface area contributed by atoms with Gasteiger partial charge >= 0.3 is 0 Å². The number of amides is 1. The number of nitrogens with one attached hydrogen (secondary N) is 2. The van der Waals surface area contributed by atoms with Gasteiger partial charge in [-0.1, -0.05) is 35.9 Å². The average molecular weight is 321 g/mol. The molecule has 22 heavy (non-hydrogen) atoms. The van der Waals surface area contributed by atoms with Crippen molar-refractivity contribution in [2.75, 3.05) is 11.9 Å². The Balaban J connectivity index is 1.74. The van der Waals surface area contributed by atoms with Gasteiger partial charge in [0.2, 0.25) is 5.91 Å². The van der Waals surface area contributed by atoms with Gasteiger partial charge in [-0.2, -0.15) is 0 Å². The number of carbonyl (C=O) groups excluding carboxylic acids is 1. The first-order valence-corrected chi connectivity index (χ1v) is 7.44. The minimum absolute atomic E-state index is 0.131. The van der Waals surface area contributed by atoms with Crippen molar-refractivity contribution in [1.82, 2.24) is 5.32 Å². The summed E-state index contributed by atoms with van der Waals surface area (Å²) in [6.45, 7) is 2.62. The van der Waals surface area contributed by atoms with Gasteiger partial charge in [0.1, 0.15) is 5.82 Å². The third kappa shape index (κ3) is 4.74. The van der Waals surface area contributed by atoms with Crippen molar-refractivity contribution in [3.8, 4) is 0 Å². The highest BCUT2D eigenvalue weighted by atomic mass is 35.5. The first kappa shape index (κ1) is 16.3. The SMILES string of the molecule is Cc1ccc(NCCC(=O)NCc2ccccc2F)cc1Cl. The molecule has 2 N–H and O–H groups in total. The van der Waals surface area contributed by atoms with Gasteiger partial charge in [0.25, 0.3) is 0 Å². The van der Waals surface area contributed by atoms with E-state index in [1.807, 2.05) is 25.1 Å². The number of aryl methyl sites for hydroxylation is 1. The number of rotatable bonds is 6. The van der Waals surface area contributed by atoms with Crippen LogP contribution in [0.1, 0.15) is 17.5 Å². The van der Waals surface area contributed by atoms with Crippen LogP contribution in [-0.4, -0.2) is 12.5 Å². The van der Waals surface area contributed by atoms with Crippen molar-refractivity contribution in [2.45, 2.75) is 19.9 Å². The Morgan fingerprint density at radius 2 is 2.00 bits per heavy atom. The molecule has 0 unspecified atom stereocenters. The summed E-state index contributed by atoms with van der Waals surface area (Å²) >= 11 is 6.03. The summed E-state index contributed by atoms with van der Waals surface area (Å²) in [5.74, 6) is -0.441. The lowest BCUT2D eigenvalue weighted by atomic mass is 10.2. The van der Waals surface area contributed by atoms with Gasteiger partial charge in [0, 0.05) is 35.8 Å². The summed E-state index contributed by atoms with van der Waals surface area (Å²) in [7, 11) is 0. The van der Waals surface area contributed by atoms with Gasteiger partial charge in [-0.25, -0.2) is 4.39 Å². The van der Waals surface area contributed by atoms with E-state index < -0.39 is 0 Å². The highest BCUT2D eigenvalue weighted by molar-refractivity contribution is 6.31. The molecule has 0 bridgehead atoms. The van der Waals surface area contributed by atoms with Gasteiger partial charge in [0.05, 0.1) is 0 Å². The van der Waals surface area contributed by atoms with Crippen LogP contribution < -0.4 is 10.6 Å². The monoisotopic (exact) mass is 320 g/mol. The van der Waals surface area contributed by atoms with Crippen LogP contribution in [0.3, 0.4) is 0 Å². The Morgan fingerprint density at radius 3 is 2.73 bits per heavy atom. The van der Waals surface area contributed by atoms with Crippen LogP contribution in [0.25, 0.3) is 0 Å². The molecule has 1 amide bonds. The molecule has 2 rings (SSSR count). The Morgan fingerprint density at radius 1 is 1.23 bits per heavy atom. The van der Waals surface area contributed by atoms with Crippen LogP contribution in [-0.2, 0) is 11.3 Å². The molecular weight excluding hydrogens is 303 g/mol. The molecule has 0 saturated heterocycles. The molecule has 0 aliphatic rings. The standard InChI is InChI=1S/C17H18ClFN2O/c1-12-6-7-14(10-15(12)18)20-9-8-17(22)21-11-13-4-2-3-5-16(13)19/h2-7,10,20H,8-9,11H2,1H3,(H,21,22). The molecule has 0 radical (unpaired) electrons. The number of benzene rings is 2. The average Bonchev–Trinajstić information content (AvgIpc) is 2.50.